The number of benzene rings is 1. The largest absolute Gasteiger partial charge is 0.451 e. The highest BCUT2D eigenvalue weighted by Crippen LogP contribution is 2.19. The molecule has 5 heteroatoms. The molecule has 0 aliphatic carbocycles. The van der Waals surface area contributed by atoms with Crippen molar-refractivity contribution in [1.29, 1.82) is 0 Å². The third-order valence-electron chi connectivity index (χ3n) is 2.38. The van der Waals surface area contributed by atoms with Crippen LogP contribution in [0.5, 0.6) is 0 Å². The maximum atomic E-state index is 11.7. The van der Waals surface area contributed by atoms with Crippen molar-refractivity contribution in [1.82, 2.24) is 0 Å². The topological polar surface area (TPSA) is 69.7 Å². The molecule has 0 saturated heterocycles. The van der Waals surface area contributed by atoms with E-state index in [1.54, 1.807) is 30.3 Å². The van der Waals surface area contributed by atoms with E-state index >= 15 is 0 Å². The van der Waals surface area contributed by atoms with Crippen molar-refractivity contribution in [2.45, 2.75) is 33.0 Å². The van der Waals surface area contributed by atoms with E-state index in [2.05, 4.69) is 0 Å². The summed E-state index contributed by atoms with van der Waals surface area (Å²) in [5.74, 6) is -1.63. The maximum absolute atomic E-state index is 11.7. The molecule has 0 fully saturated rings. The molecule has 1 rings (SSSR count). The summed E-state index contributed by atoms with van der Waals surface area (Å²) in [5.41, 5.74) is 0.582. The predicted molar refractivity (Wildman–Crippen MR) is 67.2 cm³/mol. The highest BCUT2D eigenvalue weighted by Gasteiger charge is 2.25. The molecule has 0 amide bonds. The molecule has 0 bridgehead atoms. The SMILES string of the molecule is CC(=O)O[C@@H](C)C(=O)O[C@H](C(C)=O)c1ccccc1. The van der Waals surface area contributed by atoms with E-state index < -0.39 is 24.1 Å². The molecule has 0 aliphatic rings. The summed E-state index contributed by atoms with van der Waals surface area (Å²) >= 11 is 0. The summed E-state index contributed by atoms with van der Waals surface area (Å²) in [5, 5.41) is 0. The molecule has 0 N–H and O–H groups in total. The third kappa shape index (κ3) is 4.54. The van der Waals surface area contributed by atoms with E-state index in [0.717, 1.165) is 0 Å². The molecule has 0 unspecified atom stereocenters. The first-order chi connectivity index (χ1) is 8.91. The van der Waals surface area contributed by atoms with Gasteiger partial charge in [-0.1, -0.05) is 30.3 Å². The van der Waals surface area contributed by atoms with Crippen molar-refractivity contribution in [3.05, 3.63) is 35.9 Å². The highest BCUT2D eigenvalue weighted by atomic mass is 16.6. The molecule has 1 aromatic rings. The predicted octanol–water partition coefficient (Wildman–Crippen LogP) is 1.81. The van der Waals surface area contributed by atoms with Gasteiger partial charge >= 0.3 is 11.9 Å². The van der Waals surface area contributed by atoms with Crippen LogP contribution in [0.15, 0.2) is 30.3 Å². The van der Waals surface area contributed by atoms with Crippen LogP contribution in [0.25, 0.3) is 0 Å². The molecule has 0 aromatic heterocycles. The fraction of sp³-hybridized carbons (Fsp3) is 0.357. The van der Waals surface area contributed by atoms with Gasteiger partial charge in [0.05, 0.1) is 0 Å². The van der Waals surface area contributed by atoms with Crippen LogP contribution in [0, 0.1) is 0 Å². The van der Waals surface area contributed by atoms with Crippen LogP contribution in [0.1, 0.15) is 32.4 Å². The fourth-order valence-corrected chi connectivity index (χ4v) is 1.52. The van der Waals surface area contributed by atoms with Gasteiger partial charge in [0.2, 0.25) is 0 Å². The molecule has 0 spiro atoms. The summed E-state index contributed by atoms with van der Waals surface area (Å²) in [4.78, 5) is 34.0. The first kappa shape index (κ1) is 14.9. The van der Waals surface area contributed by atoms with Crippen molar-refractivity contribution in [2.75, 3.05) is 0 Å². The average Bonchev–Trinajstić information content (AvgIpc) is 2.35. The van der Waals surface area contributed by atoms with Crippen LogP contribution in [-0.2, 0) is 23.9 Å². The molecular weight excluding hydrogens is 248 g/mol. The maximum Gasteiger partial charge on any atom is 0.348 e. The lowest BCUT2D eigenvalue weighted by molar-refractivity contribution is -0.171. The Morgan fingerprint density at radius 2 is 1.58 bits per heavy atom. The van der Waals surface area contributed by atoms with E-state index in [1.165, 1.54) is 20.8 Å². The zero-order chi connectivity index (χ0) is 14.4. The molecule has 2 atom stereocenters. The van der Waals surface area contributed by atoms with E-state index in [9.17, 15) is 14.4 Å². The van der Waals surface area contributed by atoms with Crippen molar-refractivity contribution >= 4 is 17.7 Å². The van der Waals surface area contributed by atoms with Crippen LogP contribution in [0.3, 0.4) is 0 Å². The Kier molecular flexibility index (Phi) is 5.23. The molecular formula is C14H16O5. The number of hydrogen-bond donors (Lipinski definition) is 0. The van der Waals surface area contributed by atoms with Gasteiger partial charge in [0.1, 0.15) is 0 Å². The summed E-state index contributed by atoms with van der Waals surface area (Å²) in [7, 11) is 0. The normalized spacial score (nSPS) is 13.2. The van der Waals surface area contributed by atoms with Gasteiger partial charge in [0.25, 0.3) is 0 Å². The van der Waals surface area contributed by atoms with Gasteiger partial charge in [0, 0.05) is 6.92 Å². The Hall–Kier alpha value is -2.17. The molecule has 0 aliphatic heterocycles. The van der Waals surface area contributed by atoms with Crippen LogP contribution in [-0.4, -0.2) is 23.8 Å². The third-order valence-corrected chi connectivity index (χ3v) is 2.38. The van der Waals surface area contributed by atoms with Gasteiger partial charge in [-0.05, 0) is 19.4 Å². The standard InChI is InChI=1S/C14H16O5/c1-9(15)13(12-7-5-4-6-8-12)19-14(17)10(2)18-11(3)16/h4-8,10,13H,1-3H3/t10-,13+/m0/s1. The molecule has 19 heavy (non-hydrogen) atoms. The van der Waals surface area contributed by atoms with Crippen molar-refractivity contribution in [3.63, 3.8) is 0 Å². The Morgan fingerprint density at radius 1 is 1.00 bits per heavy atom. The first-order valence-corrected chi connectivity index (χ1v) is 5.85. The van der Waals surface area contributed by atoms with E-state index in [0.29, 0.717) is 5.56 Å². The van der Waals surface area contributed by atoms with Gasteiger partial charge < -0.3 is 9.47 Å². The number of carbonyl (C=O) groups excluding carboxylic acids is 3. The lowest BCUT2D eigenvalue weighted by Gasteiger charge is -2.18. The number of hydrogen-bond acceptors (Lipinski definition) is 5. The number of esters is 2. The summed E-state index contributed by atoms with van der Waals surface area (Å²) < 4.78 is 9.80. The lowest BCUT2D eigenvalue weighted by Crippen LogP contribution is -2.28. The van der Waals surface area contributed by atoms with E-state index in [4.69, 9.17) is 9.47 Å². The Balaban J connectivity index is 2.78. The van der Waals surface area contributed by atoms with Crippen LogP contribution in [0.2, 0.25) is 0 Å². The highest BCUT2D eigenvalue weighted by molar-refractivity contribution is 5.86. The zero-order valence-corrected chi connectivity index (χ0v) is 11.1. The Morgan fingerprint density at radius 3 is 2.05 bits per heavy atom. The second kappa shape index (κ2) is 6.68. The molecule has 0 radical (unpaired) electrons. The second-order valence-corrected chi connectivity index (χ2v) is 4.09. The van der Waals surface area contributed by atoms with Crippen molar-refractivity contribution < 1.29 is 23.9 Å². The summed E-state index contributed by atoms with van der Waals surface area (Å²) in [6.45, 7) is 3.93. The van der Waals surface area contributed by atoms with Crippen LogP contribution in [0.4, 0.5) is 0 Å². The van der Waals surface area contributed by atoms with Gasteiger partial charge in [0.15, 0.2) is 18.0 Å². The zero-order valence-electron chi connectivity index (χ0n) is 11.1. The number of ether oxygens (including phenoxy) is 2. The Labute approximate surface area is 111 Å². The minimum atomic E-state index is -1.04. The molecule has 0 heterocycles. The van der Waals surface area contributed by atoms with E-state index in [1.807, 2.05) is 0 Å². The molecule has 5 nitrogen and oxygen atoms in total. The van der Waals surface area contributed by atoms with Crippen molar-refractivity contribution in [3.8, 4) is 0 Å². The number of Topliss-reactive ketones (excluding diaryl/α,β-unsaturated/α-hetero) is 1. The van der Waals surface area contributed by atoms with Crippen molar-refractivity contribution in [2.24, 2.45) is 0 Å². The fourth-order valence-electron chi connectivity index (χ4n) is 1.52. The van der Waals surface area contributed by atoms with Crippen LogP contribution < -0.4 is 0 Å². The monoisotopic (exact) mass is 264 g/mol. The molecule has 0 saturated carbocycles. The lowest BCUT2D eigenvalue weighted by atomic mass is 10.1. The molecule has 102 valence electrons. The minimum Gasteiger partial charge on any atom is -0.451 e. The number of rotatable bonds is 5. The molecule has 1 aromatic carbocycles. The van der Waals surface area contributed by atoms with E-state index in [-0.39, 0.29) is 5.78 Å². The second-order valence-electron chi connectivity index (χ2n) is 4.09. The Bertz CT molecular complexity index is 466. The first-order valence-electron chi connectivity index (χ1n) is 5.85. The van der Waals surface area contributed by atoms with Gasteiger partial charge in [-0.2, -0.15) is 0 Å². The minimum absolute atomic E-state index is 0.297. The van der Waals surface area contributed by atoms with Gasteiger partial charge in [-0.25, -0.2) is 4.79 Å². The van der Waals surface area contributed by atoms with Crippen LogP contribution >= 0.6 is 0 Å². The average molecular weight is 264 g/mol. The number of ketones is 1. The number of carbonyl (C=O) groups is 3. The summed E-state index contributed by atoms with van der Waals surface area (Å²) in [6.07, 6.45) is -2.02. The smallest absolute Gasteiger partial charge is 0.348 e. The van der Waals surface area contributed by atoms with Gasteiger partial charge in [-0.15, -0.1) is 0 Å². The van der Waals surface area contributed by atoms with Gasteiger partial charge in [-0.3, -0.25) is 9.59 Å². The summed E-state index contributed by atoms with van der Waals surface area (Å²) in [6, 6.07) is 8.67. The quantitative estimate of drug-likeness (QED) is 0.758.